The van der Waals surface area contributed by atoms with Crippen molar-refractivity contribution in [3.63, 3.8) is 0 Å². The first kappa shape index (κ1) is 9.05. The molecule has 5 nitrogen and oxygen atoms in total. The normalized spacial score (nSPS) is 12.9. The summed E-state index contributed by atoms with van der Waals surface area (Å²) in [6.07, 6.45) is 0. The summed E-state index contributed by atoms with van der Waals surface area (Å²) in [5.74, 6) is -1.16. The number of aromatic nitrogens is 3. The lowest BCUT2D eigenvalue weighted by molar-refractivity contribution is -0.138. The number of thiol groups is 1. The Labute approximate surface area is 74.8 Å². The summed E-state index contributed by atoms with van der Waals surface area (Å²) >= 11 is 3.98. The molecular formula is C6H9N3O2S. The van der Waals surface area contributed by atoms with Crippen LogP contribution in [0.4, 0.5) is 0 Å². The molecule has 0 aliphatic carbocycles. The van der Waals surface area contributed by atoms with E-state index in [0.717, 1.165) is 0 Å². The molecule has 0 saturated carbocycles. The van der Waals surface area contributed by atoms with Crippen LogP contribution in [0.3, 0.4) is 0 Å². The lowest BCUT2D eigenvalue weighted by Crippen LogP contribution is -2.12. The second-order valence-electron chi connectivity index (χ2n) is 2.48. The number of rotatable bonds is 2. The van der Waals surface area contributed by atoms with Crippen LogP contribution in [0.5, 0.6) is 0 Å². The van der Waals surface area contributed by atoms with E-state index < -0.39 is 11.9 Å². The minimum Gasteiger partial charge on any atom is -0.481 e. The zero-order chi connectivity index (χ0) is 9.30. The largest absolute Gasteiger partial charge is 0.481 e. The second-order valence-corrected chi connectivity index (χ2v) is 2.88. The van der Waals surface area contributed by atoms with E-state index >= 15 is 0 Å². The van der Waals surface area contributed by atoms with Crippen LogP contribution in [0.15, 0.2) is 5.16 Å². The molecule has 1 heterocycles. The molecule has 1 aromatic rings. The number of nitrogens with zero attached hydrogens (tertiary/aromatic N) is 3. The molecule has 0 radical (unpaired) electrons. The van der Waals surface area contributed by atoms with Gasteiger partial charge in [0, 0.05) is 7.05 Å². The standard InChI is InChI=1S/C6H9N3O2S/c1-3(5(10)11)4-7-8-6(12)9(4)2/h3H,1-2H3,(H,8,12)(H,10,11). The summed E-state index contributed by atoms with van der Waals surface area (Å²) in [5, 5.41) is 16.4. The first-order valence-corrected chi connectivity index (χ1v) is 3.79. The van der Waals surface area contributed by atoms with Crippen molar-refractivity contribution in [1.82, 2.24) is 14.8 Å². The SMILES string of the molecule is CC(C(=O)O)c1nnc(S)n1C. The van der Waals surface area contributed by atoms with Crippen molar-refractivity contribution in [2.75, 3.05) is 0 Å². The van der Waals surface area contributed by atoms with Crippen molar-refractivity contribution in [1.29, 1.82) is 0 Å². The molecule has 0 fully saturated rings. The van der Waals surface area contributed by atoms with E-state index in [0.29, 0.717) is 11.0 Å². The van der Waals surface area contributed by atoms with Crippen LogP contribution in [0.25, 0.3) is 0 Å². The Balaban J connectivity index is 3.03. The van der Waals surface area contributed by atoms with Gasteiger partial charge in [-0.1, -0.05) is 0 Å². The van der Waals surface area contributed by atoms with Crippen LogP contribution in [0, 0.1) is 0 Å². The van der Waals surface area contributed by atoms with Gasteiger partial charge in [0.2, 0.25) is 0 Å². The average molecular weight is 187 g/mol. The van der Waals surface area contributed by atoms with Crippen LogP contribution < -0.4 is 0 Å². The quantitative estimate of drug-likeness (QED) is 0.653. The summed E-state index contributed by atoms with van der Waals surface area (Å²) in [6.45, 7) is 1.56. The summed E-state index contributed by atoms with van der Waals surface area (Å²) in [5.41, 5.74) is 0. The third-order valence-electron chi connectivity index (χ3n) is 1.64. The first-order chi connectivity index (χ1) is 5.54. The molecular weight excluding hydrogens is 178 g/mol. The molecule has 1 aromatic heterocycles. The zero-order valence-corrected chi connectivity index (χ0v) is 7.62. The Hall–Kier alpha value is -1.04. The van der Waals surface area contributed by atoms with Crippen LogP contribution in [0.2, 0.25) is 0 Å². The Kier molecular flexibility index (Phi) is 2.37. The Bertz CT molecular complexity index is 310. The molecule has 12 heavy (non-hydrogen) atoms. The predicted octanol–water partition coefficient (Wildman–Crippen LogP) is 0.292. The lowest BCUT2D eigenvalue weighted by atomic mass is 10.2. The highest BCUT2D eigenvalue weighted by Crippen LogP contribution is 2.14. The Morgan fingerprint density at radius 1 is 1.67 bits per heavy atom. The van der Waals surface area contributed by atoms with Crippen molar-refractivity contribution in [3.8, 4) is 0 Å². The fourth-order valence-electron chi connectivity index (χ4n) is 0.820. The fourth-order valence-corrected chi connectivity index (χ4v) is 0.967. The first-order valence-electron chi connectivity index (χ1n) is 3.35. The van der Waals surface area contributed by atoms with E-state index in [-0.39, 0.29) is 0 Å². The van der Waals surface area contributed by atoms with E-state index in [9.17, 15) is 4.79 Å². The van der Waals surface area contributed by atoms with Gasteiger partial charge < -0.3 is 9.67 Å². The Morgan fingerprint density at radius 3 is 2.58 bits per heavy atom. The predicted molar refractivity (Wildman–Crippen MR) is 44.3 cm³/mol. The van der Waals surface area contributed by atoms with E-state index in [1.165, 1.54) is 0 Å². The summed E-state index contributed by atoms with van der Waals surface area (Å²) < 4.78 is 1.54. The van der Waals surface area contributed by atoms with E-state index in [2.05, 4.69) is 22.8 Å². The maximum Gasteiger partial charge on any atom is 0.313 e. The number of carbonyl (C=O) groups is 1. The molecule has 6 heteroatoms. The van der Waals surface area contributed by atoms with Crippen molar-refractivity contribution in [2.45, 2.75) is 18.0 Å². The molecule has 1 unspecified atom stereocenters. The average Bonchev–Trinajstić information content (AvgIpc) is 2.32. The second kappa shape index (κ2) is 3.14. The highest BCUT2D eigenvalue weighted by molar-refractivity contribution is 7.80. The minimum atomic E-state index is -0.918. The molecule has 0 bridgehead atoms. The van der Waals surface area contributed by atoms with Gasteiger partial charge in [0.25, 0.3) is 0 Å². The van der Waals surface area contributed by atoms with Crippen molar-refractivity contribution in [3.05, 3.63) is 5.82 Å². The lowest BCUT2D eigenvalue weighted by Gasteiger charge is -2.04. The van der Waals surface area contributed by atoms with Gasteiger partial charge in [-0.2, -0.15) is 0 Å². The monoisotopic (exact) mass is 187 g/mol. The topological polar surface area (TPSA) is 68.0 Å². The third-order valence-corrected chi connectivity index (χ3v) is 2.03. The molecule has 0 aliphatic heterocycles. The number of hydrogen-bond donors (Lipinski definition) is 2. The molecule has 1 N–H and O–H groups in total. The summed E-state index contributed by atoms with van der Waals surface area (Å²) in [6, 6.07) is 0. The number of aliphatic carboxylic acids is 1. The molecule has 66 valence electrons. The van der Waals surface area contributed by atoms with Crippen molar-refractivity contribution in [2.24, 2.45) is 7.05 Å². The van der Waals surface area contributed by atoms with Gasteiger partial charge in [0.1, 0.15) is 11.7 Å². The highest BCUT2D eigenvalue weighted by atomic mass is 32.1. The summed E-state index contributed by atoms with van der Waals surface area (Å²) in [4.78, 5) is 10.6. The highest BCUT2D eigenvalue weighted by Gasteiger charge is 2.19. The van der Waals surface area contributed by atoms with Gasteiger partial charge >= 0.3 is 5.97 Å². The molecule has 1 atom stereocenters. The van der Waals surface area contributed by atoms with E-state index in [1.807, 2.05) is 0 Å². The molecule has 0 amide bonds. The smallest absolute Gasteiger partial charge is 0.313 e. The van der Waals surface area contributed by atoms with Gasteiger partial charge in [0.05, 0.1) is 0 Å². The van der Waals surface area contributed by atoms with Gasteiger partial charge in [-0.15, -0.1) is 22.8 Å². The number of carboxylic acids is 1. The molecule has 0 aliphatic rings. The van der Waals surface area contributed by atoms with Crippen LogP contribution in [0.1, 0.15) is 18.7 Å². The minimum absolute atomic E-state index is 0.410. The van der Waals surface area contributed by atoms with Gasteiger partial charge in [-0.25, -0.2) is 0 Å². The molecule has 0 saturated heterocycles. The zero-order valence-electron chi connectivity index (χ0n) is 6.72. The van der Waals surface area contributed by atoms with Gasteiger partial charge in [0.15, 0.2) is 5.16 Å². The van der Waals surface area contributed by atoms with E-state index in [1.54, 1.807) is 18.5 Å². The van der Waals surface area contributed by atoms with Crippen molar-refractivity contribution >= 4 is 18.6 Å². The maximum atomic E-state index is 10.6. The number of carboxylic acid groups (broad SMARTS) is 1. The third kappa shape index (κ3) is 1.42. The van der Waals surface area contributed by atoms with Crippen LogP contribution in [-0.2, 0) is 11.8 Å². The molecule has 0 spiro atoms. The fraction of sp³-hybridized carbons (Fsp3) is 0.500. The maximum absolute atomic E-state index is 10.6. The molecule has 1 rings (SSSR count). The van der Waals surface area contributed by atoms with Crippen LogP contribution in [-0.4, -0.2) is 25.8 Å². The Morgan fingerprint density at radius 2 is 2.25 bits per heavy atom. The molecule has 0 aromatic carbocycles. The van der Waals surface area contributed by atoms with E-state index in [4.69, 9.17) is 5.11 Å². The van der Waals surface area contributed by atoms with Gasteiger partial charge in [-0.05, 0) is 6.92 Å². The van der Waals surface area contributed by atoms with Gasteiger partial charge in [-0.3, -0.25) is 4.79 Å². The van der Waals surface area contributed by atoms with Crippen LogP contribution >= 0.6 is 12.6 Å². The van der Waals surface area contributed by atoms with Crippen molar-refractivity contribution < 1.29 is 9.90 Å². The summed E-state index contributed by atoms with van der Waals surface area (Å²) in [7, 11) is 1.68. The number of hydrogen-bond acceptors (Lipinski definition) is 4.